The predicted octanol–water partition coefficient (Wildman–Crippen LogP) is 3.45. The Hall–Kier alpha value is -1.12. The second kappa shape index (κ2) is 3.95. The Balaban J connectivity index is 2.50. The molecule has 1 aromatic carbocycles. The molecule has 0 aliphatic rings. The Morgan fingerprint density at radius 2 is 1.71 bits per heavy atom. The zero-order valence-electron chi connectivity index (χ0n) is 7.11. The smallest absolute Gasteiger partial charge is 0.140 e. The van der Waals surface area contributed by atoms with Crippen molar-refractivity contribution >= 4 is 23.2 Å². The van der Waals surface area contributed by atoms with Gasteiger partial charge in [0.1, 0.15) is 11.5 Å². The number of aromatic nitrogens is 2. The van der Waals surface area contributed by atoms with E-state index in [0.717, 1.165) is 11.1 Å². The van der Waals surface area contributed by atoms with Gasteiger partial charge < -0.3 is 0 Å². The van der Waals surface area contributed by atoms with Crippen molar-refractivity contribution in [2.75, 3.05) is 0 Å². The van der Waals surface area contributed by atoms with E-state index >= 15 is 0 Å². The molecule has 2 rings (SSSR count). The molecule has 14 heavy (non-hydrogen) atoms. The highest BCUT2D eigenvalue weighted by Gasteiger charge is 2.03. The number of benzene rings is 1. The first-order valence-corrected chi connectivity index (χ1v) is 4.74. The lowest BCUT2D eigenvalue weighted by atomic mass is 10.1. The molecular weight excluding hydrogens is 219 g/mol. The summed E-state index contributed by atoms with van der Waals surface area (Å²) in [4.78, 5) is 7.82. The minimum absolute atomic E-state index is 0.447. The van der Waals surface area contributed by atoms with Gasteiger partial charge in [0.25, 0.3) is 0 Å². The first kappa shape index (κ1) is 9.44. The van der Waals surface area contributed by atoms with Gasteiger partial charge in [-0.3, -0.25) is 0 Å². The van der Waals surface area contributed by atoms with Crippen LogP contribution in [0.25, 0.3) is 11.1 Å². The highest BCUT2D eigenvalue weighted by atomic mass is 35.5. The summed E-state index contributed by atoms with van der Waals surface area (Å²) in [6, 6.07) is 7.38. The largest absolute Gasteiger partial charge is 0.244 e. The van der Waals surface area contributed by atoms with E-state index in [9.17, 15) is 0 Å². The molecule has 0 radical (unpaired) electrons. The zero-order valence-corrected chi connectivity index (χ0v) is 8.63. The lowest BCUT2D eigenvalue weighted by Crippen LogP contribution is -1.84. The molecule has 0 bridgehead atoms. The molecule has 0 saturated carbocycles. The van der Waals surface area contributed by atoms with E-state index in [2.05, 4.69) is 9.97 Å². The fourth-order valence-electron chi connectivity index (χ4n) is 1.14. The van der Waals surface area contributed by atoms with Gasteiger partial charge in [0.2, 0.25) is 0 Å². The Morgan fingerprint density at radius 3 is 2.36 bits per heavy atom. The van der Waals surface area contributed by atoms with Crippen molar-refractivity contribution in [3.8, 4) is 11.1 Å². The van der Waals surface area contributed by atoms with E-state index in [0.29, 0.717) is 10.2 Å². The third kappa shape index (κ3) is 1.86. The van der Waals surface area contributed by atoms with Crippen LogP contribution in [0.5, 0.6) is 0 Å². The lowest BCUT2D eigenvalue weighted by molar-refractivity contribution is 1.17. The second-order valence-corrected chi connectivity index (χ2v) is 3.53. The van der Waals surface area contributed by atoms with Crippen molar-refractivity contribution in [3.63, 3.8) is 0 Å². The minimum atomic E-state index is 0.447. The Bertz CT molecular complexity index is 440. The first-order chi connectivity index (χ1) is 6.77. The van der Waals surface area contributed by atoms with Gasteiger partial charge in [-0.05, 0) is 17.7 Å². The number of halogens is 2. The van der Waals surface area contributed by atoms with Gasteiger partial charge in [-0.1, -0.05) is 35.3 Å². The van der Waals surface area contributed by atoms with Crippen molar-refractivity contribution in [3.05, 3.63) is 47.0 Å². The predicted molar refractivity (Wildman–Crippen MR) is 57.5 cm³/mol. The van der Waals surface area contributed by atoms with E-state index in [1.807, 2.05) is 12.1 Å². The number of hydrogen-bond donors (Lipinski definition) is 0. The molecular formula is C10H6Cl2N2. The molecule has 2 nitrogen and oxygen atoms in total. The van der Waals surface area contributed by atoms with Crippen molar-refractivity contribution < 1.29 is 0 Å². The van der Waals surface area contributed by atoms with Gasteiger partial charge in [-0.25, -0.2) is 9.97 Å². The maximum atomic E-state index is 5.91. The molecule has 0 aliphatic carbocycles. The van der Waals surface area contributed by atoms with Crippen LogP contribution < -0.4 is 0 Å². The summed E-state index contributed by atoms with van der Waals surface area (Å²) in [6.45, 7) is 0. The van der Waals surface area contributed by atoms with E-state index in [1.54, 1.807) is 18.3 Å². The fraction of sp³-hybridized carbons (Fsp3) is 0. The van der Waals surface area contributed by atoms with E-state index in [-0.39, 0.29) is 0 Å². The van der Waals surface area contributed by atoms with Gasteiger partial charge >= 0.3 is 0 Å². The molecule has 0 aliphatic heterocycles. The SMILES string of the molecule is Clc1ccc(-c2cncnc2Cl)cc1. The van der Waals surface area contributed by atoms with E-state index in [1.165, 1.54) is 6.33 Å². The molecule has 2 aromatic rings. The Morgan fingerprint density at radius 1 is 1.00 bits per heavy atom. The molecule has 1 heterocycles. The standard InChI is InChI=1S/C10H6Cl2N2/c11-8-3-1-7(2-4-8)9-5-13-6-14-10(9)12/h1-6H. The van der Waals surface area contributed by atoms with Crippen molar-refractivity contribution in [1.29, 1.82) is 0 Å². The van der Waals surface area contributed by atoms with Gasteiger partial charge in [-0.2, -0.15) is 0 Å². The van der Waals surface area contributed by atoms with Crippen LogP contribution in [0.2, 0.25) is 10.2 Å². The van der Waals surface area contributed by atoms with E-state index in [4.69, 9.17) is 23.2 Å². The quantitative estimate of drug-likeness (QED) is 0.694. The van der Waals surface area contributed by atoms with Crippen LogP contribution in [0.4, 0.5) is 0 Å². The number of nitrogens with zero attached hydrogens (tertiary/aromatic N) is 2. The van der Waals surface area contributed by atoms with Crippen LogP contribution in [-0.4, -0.2) is 9.97 Å². The normalized spacial score (nSPS) is 10.1. The van der Waals surface area contributed by atoms with Crippen LogP contribution in [0.1, 0.15) is 0 Å². The summed E-state index contributed by atoms with van der Waals surface area (Å²) in [5.41, 5.74) is 1.77. The molecule has 4 heteroatoms. The fourth-order valence-corrected chi connectivity index (χ4v) is 1.47. The molecule has 0 N–H and O–H groups in total. The van der Waals surface area contributed by atoms with Crippen LogP contribution in [-0.2, 0) is 0 Å². The summed E-state index contributed by atoms with van der Waals surface area (Å²) in [5, 5.41) is 1.14. The summed E-state index contributed by atoms with van der Waals surface area (Å²) >= 11 is 11.7. The second-order valence-electron chi connectivity index (χ2n) is 2.73. The van der Waals surface area contributed by atoms with Gasteiger partial charge in [0.15, 0.2) is 0 Å². The maximum absolute atomic E-state index is 5.91. The third-order valence-electron chi connectivity index (χ3n) is 1.82. The third-order valence-corrected chi connectivity index (χ3v) is 2.37. The average Bonchev–Trinajstić information content (AvgIpc) is 2.20. The number of rotatable bonds is 1. The van der Waals surface area contributed by atoms with Crippen LogP contribution in [0.3, 0.4) is 0 Å². The van der Waals surface area contributed by atoms with Crippen LogP contribution in [0, 0.1) is 0 Å². The molecule has 0 spiro atoms. The highest BCUT2D eigenvalue weighted by molar-refractivity contribution is 6.32. The molecule has 0 unspecified atom stereocenters. The van der Waals surface area contributed by atoms with Crippen LogP contribution >= 0.6 is 23.2 Å². The molecule has 1 aromatic heterocycles. The van der Waals surface area contributed by atoms with Crippen molar-refractivity contribution in [1.82, 2.24) is 9.97 Å². The first-order valence-electron chi connectivity index (χ1n) is 3.99. The summed E-state index contributed by atoms with van der Waals surface area (Å²) < 4.78 is 0. The summed E-state index contributed by atoms with van der Waals surface area (Å²) in [7, 11) is 0. The van der Waals surface area contributed by atoms with Gasteiger partial charge in [-0.15, -0.1) is 0 Å². The average molecular weight is 225 g/mol. The molecule has 0 saturated heterocycles. The lowest BCUT2D eigenvalue weighted by Gasteiger charge is -2.01. The molecule has 0 fully saturated rings. The number of hydrogen-bond acceptors (Lipinski definition) is 2. The van der Waals surface area contributed by atoms with E-state index < -0.39 is 0 Å². The maximum Gasteiger partial charge on any atom is 0.140 e. The monoisotopic (exact) mass is 224 g/mol. The molecule has 70 valence electrons. The van der Waals surface area contributed by atoms with Gasteiger partial charge in [0, 0.05) is 16.8 Å². The summed E-state index contributed by atoms with van der Waals surface area (Å²) in [6.07, 6.45) is 3.10. The molecule has 0 amide bonds. The topological polar surface area (TPSA) is 25.8 Å². The van der Waals surface area contributed by atoms with Crippen molar-refractivity contribution in [2.24, 2.45) is 0 Å². The summed E-state index contributed by atoms with van der Waals surface area (Å²) in [5.74, 6) is 0. The molecule has 0 atom stereocenters. The Labute approximate surface area is 91.5 Å². The van der Waals surface area contributed by atoms with Crippen molar-refractivity contribution in [2.45, 2.75) is 0 Å². The zero-order chi connectivity index (χ0) is 9.97. The highest BCUT2D eigenvalue weighted by Crippen LogP contribution is 2.25. The van der Waals surface area contributed by atoms with Crippen LogP contribution in [0.15, 0.2) is 36.8 Å². The Kier molecular flexibility index (Phi) is 2.66. The van der Waals surface area contributed by atoms with Gasteiger partial charge in [0.05, 0.1) is 0 Å². The minimum Gasteiger partial charge on any atom is -0.244 e.